The van der Waals surface area contributed by atoms with Crippen molar-refractivity contribution in [2.24, 2.45) is 5.84 Å². The van der Waals surface area contributed by atoms with Crippen molar-refractivity contribution < 1.29 is 9.47 Å². The first-order valence-electron chi connectivity index (χ1n) is 5.04. The third kappa shape index (κ3) is 4.48. The van der Waals surface area contributed by atoms with Crippen LogP contribution in [0.2, 0.25) is 0 Å². The van der Waals surface area contributed by atoms with E-state index in [4.69, 9.17) is 15.3 Å². The topological polar surface area (TPSA) is 56.5 Å². The number of rotatable bonds is 8. The van der Waals surface area contributed by atoms with Crippen LogP contribution in [0, 0.1) is 0 Å². The van der Waals surface area contributed by atoms with Crippen molar-refractivity contribution in [3.63, 3.8) is 0 Å². The molecule has 1 atom stereocenters. The maximum Gasteiger partial charge on any atom is 0.0700 e. The fourth-order valence-electron chi connectivity index (χ4n) is 1.31. The lowest BCUT2D eigenvalue weighted by Crippen LogP contribution is -2.29. The van der Waals surface area contributed by atoms with Crippen LogP contribution in [0.15, 0.2) is 15.2 Å². The van der Waals surface area contributed by atoms with E-state index in [1.54, 1.807) is 18.4 Å². The number of nitrogens with one attached hydrogen (secondary N) is 1. The first-order valence-corrected chi connectivity index (χ1v) is 6.77. The Hall–Kier alpha value is 0.0200. The van der Waals surface area contributed by atoms with Gasteiger partial charge in [0.05, 0.1) is 19.3 Å². The Labute approximate surface area is 108 Å². The largest absolute Gasteiger partial charge is 0.382 e. The van der Waals surface area contributed by atoms with Crippen LogP contribution in [0.5, 0.6) is 0 Å². The number of hydrogen-bond acceptors (Lipinski definition) is 5. The molecule has 0 saturated heterocycles. The van der Waals surface area contributed by atoms with Gasteiger partial charge >= 0.3 is 0 Å². The summed E-state index contributed by atoms with van der Waals surface area (Å²) in [7, 11) is 1.66. The molecule has 0 spiro atoms. The summed E-state index contributed by atoms with van der Waals surface area (Å²) in [5.41, 5.74) is 3.98. The van der Waals surface area contributed by atoms with E-state index in [1.165, 1.54) is 5.56 Å². The summed E-state index contributed by atoms with van der Waals surface area (Å²) >= 11 is 5.15. The molecule has 0 bridgehead atoms. The molecule has 1 unspecified atom stereocenters. The van der Waals surface area contributed by atoms with Crippen molar-refractivity contribution in [1.29, 1.82) is 0 Å². The van der Waals surface area contributed by atoms with Gasteiger partial charge in [-0.2, -0.15) is 11.3 Å². The van der Waals surface area contributed by atoms with E-state index < -0.39 is 0 Å². The number of halogens is 1. The zero-order chi connectivity index (χ0) is 11.8. The second-order valence-electron chi connectivity index (χ2n) is 3.29. The predicted octanol–water partition coefficient (Wildman–Crippen LogP) is 2.07. The minimum absolute atomic E-state index is 0.128. The van der Waals surface area contributed by atoms with Crippen molar-refractivity contribution in [2.75, 3.05) is 26.9 Å². The molecule has 1 heterocycles. The van der Waals surface area contributed by atoms with E-state index in [9.17, 15) is 0 Å². The normalized spacial score (nSPS) is 12.9. The first kappa shape index (κ1) is 14.1. The smallest absolute Gasteiger partial charge is 0.0700 e. The van der Waals surface area contributed by atoms with Gasteiger partial charge in [0.15, 0.2) is 0 Å². The lowest BCUT2D eigenvalue weighted by atomic mass is 10.1. The van der Waals surface area contributed by atoms with E-state index in [1.807, 2.05) is 5.38 Å². The molecule has 0 amide bonds. The summed E-state index contributed by atoms with van der Waals surface area (Å²) < 4.78 is 11.4. The van der Waals surface area contributed by atoms with E-state index >= 15 is 0 Å². The molecule has 0 aliphatic rings. The third-order valence-electron chi connectivity index (χ3n) is 2.20. The maximum absolute atomic E-state index is 5.53. The Balaban J connectivity index is 2.30. The van der Waals surface area contributed by atoms with Gasteiger partial charge < -0.3 is 9.47 Å². The highest BCUT2D eigenvalue weighted by atomic mass is 79.9. The van der Waals surface area contributed by atoms with E-state index in [-0.39, 0.29) is 6.04 Å². The number of ether oxygens (including phenoxy) is 2. The van der Waals surface area contributed by atoms with Crippen LogP contribution in [0.3, 0.4) is 0 Å². The standard InChI is InChI=1S/C10H17BrN2O2S/c1-14-4-5-15-3-2-10(13-12)8-6-16-7-9(8)11/h6-7,10,13H,2-5,12H2,1H3. The van der Waals surface area contributed by atoms with Gasteiger partial charge in [-0.3, -0.25) is 11.3 Å². The highest BCUT2D eigenvalue weighted by Gasteiger charge is 2.13. The molecule has 0 saturated carbocycles. The number of methoxy groups -OCH3 is 1. The molecule has 0 aliphatic carbocycles. The Morgan fingerprint density at radius 3 is 2.81 bits per heavy atom. The molecule has 3 N–H and O–H groups in total. The van der Waals surface area contributed by atoms with E-state index in [0.29, 0.717) is 19.8 Å². The molecule has 0 aromatic carbocycles. The molecule has 1 aromatic rings. The summed E-state index contributed by atoms with van der Waals surface area (Å²) in [4.78, 5) is 0. The van der Waals surface area contributed by atoms with Gasteiger partial charge in [-0.1, -0.05) is 0 Å². The molecule has 4 nitrogen and oxygen atoms in total. The van der Waals surface area contributed by atoms with Gasteiger partial charge in [-0.25, -0.2) is 0 Å². The molecular weight excluding hydrogens is 292 g/mol. The zero-order valence-electron chi connectivity index (χ0n) is 9.24. The number of nitrogens with two attached hydrogens (primary N) is 1. The molecule has 6 heteroatoms. The van der Waals surface area contributed by atoms with Gasteiger partial charge in [-0.05, 0) is 33.3 Å². The second-order valence-corrected chi connectivity index (χ2v) is 4.89. The fourth-order valence-corrected chi connectivity index (χ4v) is 2.94. The Morgan fingerprint density at radius 1 is 1.44 bits per heavy atom. The highest BCUT2D eigenvalue weighted by Crippen LogP contribution is 2.28. The maximum atomic E-state index is 5.53. The third-order valence-corrected chi connectivity index (χ3v) is 3.95. The van der Waals surface area contributed by atoms with Crippen LogP contribution < -0.4 is 11.3 Å². The van der Waals surface area contributed by atoms with Gasteiger partial charge in [-0.15, -0.1) is 0 Å². The monoisotopic (exact) mass is 308 g/mol. The van der Waals surface area contributed by atoms with Crippen molar-refractivity contribution in [1.82, 2.24) is 5.43 Å². The molecular formula is C10H17BrN2O2S. The average molecular weight is 309 g/mol. The first-order chi connectivity index (χ1) is 7.79. The molecule has 0 fully saturated rings. The lowest BCUT2D eigenvalue weighted by molar-refractivity contribution is 0.0657. The van der Waals surface area contributed by atoms with Gasteiger partial charge in [0.2, 0.25) is 0 Å². The molecule has 1 rings (SSSR count). The summed E-state index contributed by atoms with van der Waals surface area (Å²) in [5.74, 6) is 5.53. The predicted molar refractivity (Wildman–Crippen MR) is 69.4 cm³/mol. The van der Waals surface area contributed by atoms with Crippen LogP contribution in [0.4, 0.5) is 0 Å². The van der Waals surface area contributed by atoms with Crippen molar-refractivity contribution in [2.45, 2.75) is 12.5 Å². The number of hydrogen-bond donors (Lipinski definition) is 2. The van der Waals surface area contributed by atoms with E-state index in [2.05, 4.69) is 26.7 Å². The Bertz CT molecular complexity index is 296. The summed E-state index contributed by atoms with van der Waals surface area (Å²) in [5, 5.41) is 4.13. The van der Waals surface area contributed by atoms with Crippen LogP contribution in [0.25, 0.3) is 0 Å². The number of thiophene rings is 1. The minimum atomic E-state index is 0.128. The van der Waals surface area contributed by atoms with Gasteiger partial charge in [0.25, 0.3) is 0 Å². The quantitative estimate of drug-likeness (QED) is 0.438. The molecule has 0 aliphatic heterocycles. The molecule has 92 valence electrons. The summed E-state index contributed by atoms with van der Waals surface area (Å²) in [6.07, 6.45) is 0.843. The highest BCUT2D eigenvalue weighted by molar-refractivity contribution is 9.10. The van der Waals surface area contributed by atoms with Crippen LogP contribution >= 0.6 is 27.3 Å². The van der Waals surface area contributed by atoms with Gasteiger partial charge in [0, 0.05) is 23.6 Å². The lowest BCUT2D eigenvalue weighted by Gasteiger charge is -2.15. The molecule has 16 heavy (non-hydrogen) atoms. The van der Waals surface area contributed by atoms with Crippen LogP contribution in [0.1, 0.15) is 18.0 Å². The van der Waals surface area contributed by atoms with Crippen LogP contribution in [-0.2, 0) is 9.47 Å². The van der Waals surface area contributed by atoms with E-state index in [0.717, 1.165) is 10.9 Å². The molecule has 0 radical (unpaired) electrons. The van der Waals surface area contributed by atoms with Gasteiger partial charge in [0.1, 0.15) is 0 Å². The summed E-state index contributed by atoms with van der Waals surface area (Å²) in [6.45, 7) is 1.92. The second kappa shape index (κ2) is 8.16. The average Bonchev–Trinajstić information content (AvgIpc) is 2.70. The van der Waals surface area contributed by atoms with Crippen molar-refractivity contribution in [3.05, 3.63) is 20.8 Å². The zero-order valence-corrected chi connectivity index (χ0v) is 11.6. The minimum Gasteiger partial charge on any atom is -0.382 e. The fraction of sp³-hybridized carbons (Fsp3) is 0.600. The van der Waals surface area contributed by atoms with Crippen molar-refractivity contribution in [3.8, 4) is 0 Å². The molecule has 1 aromatic heterocycles. The Morgan fingerprint density at radius 2 is 2.25 bits per heavy atom. The Kier molecular flexibility index (Phi) is 7.18. The summed E-state index contributed by atoms with van der Waals surface area (Å²) in [6, 6.07) is 0.128. The SMILES string of the molecule is COCCOCCC(NN)c1cscc1Br. The van der Waals surface area contributed by atoms with Crippen molar-refractivity contribution >= 4 is 27.3 Å². The number of hydrazine groups is 1. The van der Waals surface area contributed by atoms with Crippen LogP contribution in [-0.4, -0.2) is 26.9 Å².